The van der Waals surface area contributed by atoms with Crippen LogP contribution >= 0.6 is 11.3 Å². The van der Waals surface area contributed by atoms with E-state index in [1.165, 1.54) is 11.1 Å². The Hall–Kier alpha value is -1.89. The van der Waals surface area contributed by atoms with Crippen molar-refractivity contribution in [2.24, 2.45) is 0 Å². The third-order valence-corrected chi connectivity index (χ3v) is 5.06. The van der Waals surface area contributed by atoms with Crippen LogP contribution in [0.5, 0.6) is 0 Å². The lowest BCUT2D eigenvalue weighted by Crippen LogP contribution is -2.39. The number of amides is 2. The van der Waals surface area contributed by atoms with E-state index in [1.807, 2.05) is 18.7 Å². The molecule has 1 fully saturated rings. The summed E-state index contributed by atoms with van der Waals surface area (Å²) >= 11 is 1.66. The number of nitrogens with one attached hydrogen (secondary N) is 1. The molecule has 0 radical (unpaired) electrons. The SMILES string of the molecule is Cc1cscc1CNC(=O)N1CCC[C@@H]1c1noc(C(C)C)n1. The lowest BCUT2D eigenvalue weighted by Gasteiger charge is -2.22. The summed E-state index contributed by atoms with van der Waals surface area (Å²) in [6.07, 6.45) is 1.84. The van der Waals surface area contributed by atoms with Gasteiger partial charge < -0.3 is 14.7 Å². The van der Waals surface area contributed by atoms with Gasteiger partial charge in [0, 0.05) is 19.0 Å². The van der Waals surface area contributed by atoms with Crippen LogP contribution in [0.25, 0.3) is 0 Å². The number of carbonyl (C=O) groups is 1. The maximum atomic E-state index is 12.5. The predicted molar refractivity (Wildman–Crippen MR) is 88.4 cm³/mol. The van der Waals surface area contributed by atoms with Gasteiger partial charge in [0.05, 0.1) is 6.04 Å². The first-order valence-electron chi connectivity index (χ1n) is 7.96. The second kappa shape index (κ2) is 6.70. The molecule has 23 heavy (non-hydrogen) atoms. The lowest BCUT2D eigenvalue weighted by atomic mass is 10.2. The van der Waals surface area contributed by atoms with Crippen LogP contribution in [0.2, 0.25) is 0 Å². The summed E-state index contributed by atoms with van der Waals surface area (Å²) in [5.74, 6) is 1.44. The van der Waals surface area contributed by atoms with Gasteiger partial charge in [-0.05, 0) is 41.7 Å². The highest BCUT2D eigenvalue weighted by Gasteiger charge is 2.33. The minimum atomic E-state index is -0.0881. The Morgan fingerprint density at radius 2 is 2.35 bits per heavy atom. The van der Waals surface area contributed by atoms with E-state index in [0.29, 0.717) is 18.3 Å². The molecule has 3 rings (SSSR count). The maximum Gasteiger partial charge on any atom is 0.318 e. The molecule has 2 amide bonds. The third kappa shape index (κ3) is 3.39. The molecule has 1 N–H and O–H groups in total. The summed E-state index contributed by atoms with van der Waals surface area (Å²) in [4.78, 5) is 18.8. The van der Waals surface area contributed by atoms with Crippen molar-refractivity contribution in [2.45, 2.75) is 52.1 Å². The van der Waals surface area contributed by atoms with E-state index in [0.717, 1.165) is 19.4 Å². The number of carbonyl (C=O) groups excluding carboxylic acids is 1. The number of likely N-dealkylation sites (tertiary alicyclic amines) is 1. The van der Waals surface area contributed by atoms with E-state index in [2.05, 4.69) is 33.1 Å². The fraction of sp³-hybridized carbons (Fsp3) is 0.562. The highest BCUT2D eigenvalue weighted by atomic mass is 32.1. The van der Waals surface area contributed by atoms with Crippen molar-refractivity contribution in [1.82, 2.24) is 20.4 Å². The molecule has 2 aromatic rings. The van der Waals surface area contributed by atoms with Crippen LogP contribution in [0.1, 0.15) is 61.5 Å². The Balaban J connectivity index is 1.65. The molecule has 2 aromatic heterocycles. The number of aryl methyl sites for hydroxylation is 1. The first kappa shape index (κ1) is 16.0. The zero-order valence-corrected chi connectivity index (χ0v) is 14.5. The van der Waals surface area contributed by atoms with Gasteiger partial charge in [-0.3, -0.25) is 0 Å². The average Bonchev–Trinajstić information content (AvgIpc) is 3.24. The van der Waals surface area contributed by atoms with Crippen molar-refractivity contribution < 1.29 is 9.32 Å². The topological polar surface area (TPSA) is 71.3 Å². The van der Waals surface area contributed by atoms with Gasteiger partial charge in [-0.1, -0.05) is 19.0 Å². The van der Waals surface area contributed by atoms with Gasteiger partial charge >= 0.3 is 6.03 Å². The van der Waals surface area contributed by atoms with E-state index in [4.69, 9.17) is 4.52 Å². The molecule has 0 aliphatic carbocycles. The maximum absolute atomic E-state index is 12.5. The number of thiophene rings is 1. The Labute approximate surface area is 139 Å². The smallest absolute Gasteiger partial charge is 0.318 e. The van der Waals surface area contributed by atoms with Crippen molar-refractivity contribution >= 4 is 17.4 Å². The largest absolute Gasteiger partial charge is 0.339 e. The molecule has 1 saturated heterocycles. The zero-order chi connectivity index (χ0) is 16.4. The summed E-state index contributed by atoms with van der Waals surface area (Å²) in [5, 5.41) is 11.2. The first-order valence-corrected chi connectivity index (χ1v) is 8.90. The van der Waals surface area contributed by atoms with Crippen molar-refractivity contribution in [2.75, 3.05) is 6.54 Å². The van der Waals surface area contributed by atoms with Crippen molar-refractivity contribution in [3.05, 3.63) is 33.6 Å². The van der Waals surface area contributed by atoms with Crippen LogP contribution in [0.15, 0.2) is 15.3 Å². The number of hydrogen-bond donors (Lipinski definition) is 1. The third-order valence-electron chi connectivity index (χ3n) is 4.15. The normalized spacial score (nSPS) is 17.9. The molecule has 0 spiro atoms. The molecule has 7 heteroatoms. The van der Waals surface area contributed by atoms with E-state index in [-0.39, 0.29) is 18.0 Å². The second-order valence-electron chi connectivity index (χ2n) is 6.24. The van der Waals surface area contributed by atoms with Gasteiger partial charge in [-0.2, -0.15) is 16.3 Å². The summed E-state index contributed by atoms with van der Waals surface area (Å²) < 4.78 is 5.28. The van der Waals surface area contributed by atoms with Crippen LogP contribution in [0, 0.1) is 6.92 Å². The van der Waals surface area contributed by atoms with E-state index in [1.54, 1.807) is 11.3 Å². The standard InChI is InChI=1S/C16H22N4O2S/c1-10(2)15-18-14(19-22-15)13-5-4-6-20(13)16(21)17-7-12-9-23-8-11(12)3/h8-10,13H,4-7H2,1-3H3,(H,17,21)/t13-/m1/s1. The molecule has 1 aliphatic heterocycles. The minimum absolute atomic E-state index is 0.0611. The van der Waals surface area contributed by atoms with Crippen molar-refractivity contribution in [3.63, 3.8) is 0 Å². The molecule has 0 aromatic carbocycles. The number of urea groups is 1. The molecule has 124 valence electrons. The van der Waals surface area contributed by atoms with Crippen LogP contribution in [0.3, 0.4) is 0 Å². The Kier molecular flexibility index (Phi) is 4.66. The fourth-order valence-electron chi connectivity index (χ4n) is 2.74. The lowest BCUT2D eigenvalue weighted by molar-refractivity contribution is 0.189. The molecule has 1 atom stereocenters. The summed E-state index contributed by atoms with van der Waals surface area (Å²) in [5.41, 5.74) is 2.38. The van der Waals surface area contributed by atoms with Crippen molar-refractivity contribution in [3.8, 4) is 0 Å². The summed E-state index contributed by atoms with van der Waals surface area (Å²) in [7, 11) is 0. The summed E-state index contributed by atoms with van der Waals surface area (Å²) in [6.45, 7) is 7.37. The number of nitrogens with zero attached hydrogens (tertiary/aromatic N) is 3. The minimum Gasteiger partial charge on any atom is -0.339 e. The molecule has 1 aliphatic rings. The number of rotatable bonds is 4. The molecule has 0 saturated carbocycles. The van der Waals surface area contributed by atoms with E-state index < -0.39 is 0 Å². The quantitative estimate of drug-likeness (QED) is 0.927. The highest BCUT2D eigenvalue weighted by molar-refractivity contribution is 7.08. The molecular formula is C16H22N4O2S. The predicted octanol–water partition coefficient (Wildman–Crippen LogP) is 3.61. The fourth-order valence-corrected chi connectivity index (χ4v) is 3.59. The molecule has 3 heterocycles. The van der Waals surface area contributed by atoms with Gasteiger partial charge in [-0.15, -0.1) is 0 Å². The first-order chi connectivity index (χ1) is 11.1. The van der Waals surface area contributed by atoms with Crippen LogP contribution in [-0.4, -0.2) is 27.6 Å². The van der Waals surface area contributed by atoms with Crippen LogP contribution in [0.4, 0.5) is 4.79 Å². The Morgan fingerprint density at radius 3 is 3.00 bits per heavy atom. The Bertz CT molecular complexity index is 679. The second-order valence-corrected chi connectivity index (χ2v) is 6.98. The molecular weight excluding hydrogens is 312 g/mol. The van der Waals surface area contributed by atoms with Gasteiger partial charge in [0.2, 0.25) is 5.89 Å². The molecule has 0 unspecified atom stereocenters. The van der Waals surface area contributed by atoms with Gasteiger partial charge in [0.1, 0.15) is 0 Å². The monoisotopic (exact) mass is 334 g/mol. The van der Waals surface area contributed by atoms with Crippen LogP contribution in [-0.2, 0) is 6.54 Å². The van der Waals surface area contributed by atoms with E-state index in [9.17, 15) is 4.79 Å². The van der Waals surface area contributed by atoms with Gasteiger partial charge in [-0.25, -0.2) is 4.79 Å². The van der Waals surface area contributed by atoms with E-state index >= 15 is 0 Å². The van der Waals surface area contributed by atoms with Gasteiger partial charge in [0.15, 0.2) is 5.82 Å². The molecule has 0 bridgehead atoms. The Morgan fingerprint density at radius 1 is 1.52 bits per heavy atom. The highest BCUT2D eigenvalue weighted by Crippen LogP contribution is 2.30. The average molecular weight is 334 g/mol. The van der Waals surface area contributed by atoms with Gasteiger partial charge in [0.25, 0.3) is 0 Å². The zero-order valence-electron chi connectivity index (χ0n) is 13.7. The van der Waals surface area contributed by atoms with Crippen molar-refractivity contribution in [1.29, 1.82) is 0 Å². The molecule has 6 nitrogen and oxygen atoms in total. The van der Waals surface area contributed by atoms with Crippen LogP contribution < -0.4 is 5.32 Å². The summed E-state index contributed by atoms with van der Waals surface area (Å²) in [6, 6.07) is -0.149. The number of hydrogen-bond acceptors (Lipinski definition) is 5. The number of aromatic nitrogens is 2.